The van der Waals surface area contributed by atoms with Crippen molar-refractivity contribution in [2.45, 2.75) is 9.79 Å². The maximum absolute atomic E-state index is 12.9. The molecule has 1 N–H and O–H groups in total. The van der Waals surface area contributed by atoms with Gasteiger partial charge in [0.15, 0.2) is 29.5 Å². The van der Waals surface area contributed by atoms with Crippen LogP contribution in [0.3, 0.4) is 0 Å². The molecule has 2 saturated heterocycles. The van der Waals surface area contributed by atoms with Gasteiger partial charge in [-0.25, -0.2) is 16.8 Å². The third kappa shape index (κ3) is 9.47. The summed E-state index contributed by atoms with van der Waals surface area (Å²) in [4.78, 5) is 55.8. The van der Waals surface area contributed by atoms with Crippen LogP contribution in [0.25, 0.3) is 21.8 Å². The number of para-hydroxylation sites is 2. The maximum atomic E-state index is 12.9. The lowest BCUT2D eigenvalue weighted by Crippen LogP contribution is -2.49. The Hall–Kier alpha value is -4.85. The number of nitrogens with zero attached hydrogens (tertiary/aromatic N) is 5. The van der Waals surface area contributed by atoms with Crippen LogP contribution in [-0.2, 0) is 33.8 Å². The summed E-state index contributed by atoms with van der Waals surface area (Å²) in [5.41, 5.74) is 0.593. The molecule has 59 heavy (non-hydrogen) atoms. The van der Waals surface area contributed by atoms with Crippen LogP contribution in [0.15, 0.2) is 103 Å². The minimum absolute atomic E-state index is 0.00815. The topological polar surface area (TPSA) is 168 Å². The van der Waals surface area contributed by atoms with E-state index >= 15 is 0 Å². The first-order chi connectivity index (χ1) is 28.0. The predicted octanol–water partition coefficient (Wildman–Crippen LogP) is 4.35. The van der Waals surface area contributed by atoms with Gasteiger partial charge in [-0.05, 0) is 35.0 Å². The molecule has 2 aliphatic rings. The van der Waals surface area contributed by atoms with Crippen molar-refractivity contribution >= 4 is 93.3 Å². The van der Waals surface area contributed by atoms with E-state index in [-0.39, 0.29) is 26.6 Å². The SMILES string of the molecule is Cn1c(=O)c(S(C)(=O)=O)c(Cl)c2ccccc21.Cn1c(=O)c(S(C)(=O)=O)c(N2CCN(C(=O)c3cccs3)CC2)c2ccccc21.O=C(c1cccs1)N1CCNCC1. The monoisotopic (exact) mass is 898 g/mol. The number of halogens is 1. The highest BCUT2D eigenvalue weighted by molar-refractivity contribution is 7.91. The Labute approximate surface area is 354 Å². The van der Waals surface area contributed by atoms with Gasteiger partial charge >= 0.3 is 0 Å². The zero-order valence-corrected chi connectivity index (χ0v) is 36.8. The Kier molecular flexibility index (Phi) is 13.5. The largest absolute Gasteiger partial charge is 0.366 e. The predicted molar refractivity (Wildman–Crippen MR) is 235 cm³/mol. The summed E-state index contributed by atoms with van der Waals surface area (Å²) in [5.74, 6) is 0.160. The normalized spacial score (nSPS) is 14.7. The molecule has 0 spiro atoms. The van der Waals surface area contributed by atoms with Crippen molar-refractivity contribution in [1.29, 1.82) is 0 Å². The van der Waals surface area contributed by atoms with E-state index in [9.17, 15) is 36.0 Å². The number of pyridine rings is 2. The van der Waals surface area contributed by atoms with Gasteiger partial charge in [-0.15, -0.1) is 22.7 Å². The molecular formula is C40H43ClN6O8S4. The molecule has 14 nitrogen and oxygen atoms in total. The van der Waals surface area contributed by atoms with E-state index in [1.165, 1.54) is 38.9 Å². The number of hydrogen-bond donors (Lipinski definition) is 1. The van der Waals surface area contributed by atoms with Crippen molar-refractivity contribution in [3.05, 3.63) is 119 Å². The number of carbonyl (C=O) groups is 2. The van der Waals surface area contributed by atoms with E-state index in [4.69, 9.17) is 11.6 Å². The van der Waals surface area contributed by atoms with Crippen molar-refractivity contribution < 1.29 is 26.4 Å². The molecule has 2 fully saturated rings. The van der Waals surface area contributed by atoms with Gasteiger partial charge in [0.05, 0.1) is 31.5 Å². The lowest BCUT2D eigenvalue weighted by Gasteiger charge is -2.37. The van der Waals surface area contributed by atoms with Crippen LogP contribution in [0.1, 0.15) is 19.3 Å². The Morgan fingerprint density at radius 3 is 1.53 bits per heavy atom. The first-order valence-electron chi connectivity index (χ1n) is 18.4. The van der Waals surface area contributed by atoms with E-state index in [0.717, 1.165) is 43.6 Å². The number of hydrogen-bond acceptors (Lipinski definition) is 12. The van der Waals surface area contributed by atoms with Crippen molar-refractivity contribution in [3.8, 4) is 0 Å². The molecule has 0 saturated carbocycles. The number of benzene rings is 2. The molecule has 0 radical (unpaired) electrons. The van der Waals surface area contributed by atoms with Crippen LogP contribution in [0.5, 0.6) is 0 Å². The van der Waals surface area contributed by atoms with E-state index in [0.29, 0.717) is 58.5 Å². The molecule has 6 heterocycles. The lowest BCUT2D eigenvalue weighted by molar-refractivity contribution is 0.0737. The van der Waals surface area contributed by atoms with Gasteiger partial charge in [0.2, 0.25) is 0 Å². The summed E-state index contributed by atoms with van der Waals surface area (Å²) in [6.45, 7) is 5.32. The Morgan fingerprint density at radius 2 is 1.05 bits per heavy atom. The molecule has 2 amide bonds. The van der Waals surface area contributed by atoms with E-state index in [1.807, 2.05) is 63.0 Å². The van der Waals surface area contributed by atoms with Crippen LogP contribution < -0.4 is 21.3 Å². The standard InChI is InChI=1S/C20H21N3O4S2.C11H10ClNO3S.C9H12N2OS/c1-21-15-7-4-3-6-14(15)17(18(20(21)25)29(2,26)27)22-9-11-23(12-10-22)19(24)16-8-5-13-28-16;1-13-8-6-4-3-5-7(8)9(12)10(11(13)14)17(2,15)16;12-9(8-2-1-7-13-8)11-5-3-10-4-6-11/h3-8,13H,9-12H2,1-2H3;3-6H,1-2H3;1-2,7,10H,3-6H2. The molecule has 19 heteroatoms. The van der Waals surface area contributed by atoms with Crippen LogP contribution >= 0.6 is 34.3 Å². The maximum Gasteiger partial charge on any atom is 0.271 e. The second kappa shape index (κ2) is 18.2. The van der Waals surface area contributed by atoms with Crippen molar-refractivity contribution in [3.63, 3.8) is 0 Å². The van der Waals surface area contributed by atoms with E-state index in [1.54, 1.807) is 42.3 Å². The summed E-state index contributed by atoms with van der Waals surface area (Å²) in [6, 6.07) is 21.7. The number of sulfone groups is 2. The van der Waals surface area contributed by atoms with Crippen LogP contribution in [0, 0.1) is 0 Å². The number of nitrogens with one attached hydrogen (secondary N) is 1. The molecule has 4 aromatic heterocycles. The molecule has 6 aromatic rings. The first kappa shape index (κ1) is 43.7. The highest BCUT2D eigenvalue weighted by Crippen LogP contribution is 2.32. The number of rotatable bonds is 5. The highest BCUT2D eigenvalue weighted by atomic mass is 35.5. The molecule has 0 aliphatic carbocycles. The van der Waals surface area contributed by atoms with Gasteiger partial charge in [-0.3, -0.25) is 19.2 Å². The second-order valence-electron chi connectivity index (χ2n) is 13.9. The minimum Gasteiger partial charge on any atom is -0.366 e. The number of thiophene rings is 2. The number of piperazine rings is 2. The van der Waals surface area contributed by atoms with Gasteiger partial charge in [-0.2, -0.15) is 0 Å². The molecule has 2 aliphatic heterocycles. The zero-order chi connectivity index (χ0) is 42.6. The van der Waals surface area contributed by atoms with E-state index < -0.39 is 30.8 Å². The van der Waals surface area contributed by atoms with Gasteiger partial charge in [0.1, 0.15) is 0 Å². The minimum atomic E-state index is -3.75. The fourth-order valence-electron chi connectivity index (χ4n) is 6.96. The molecule has 0 bridgehead atoms. The molecule has 312 valence electrons. The smallest absolute Gasteiger partial charge is 0.271 e. The van der Waals surface area contributed by atoms with Gasteiger partial charge in [0, 0.05) is 89.7 Å². The van der Waals surface area contributed by atoms with Gasteiger partial charge < -0.3 is 29.2 Å². The van der Waals surface area contributed by atoms with Gasteiger partial charge in [0.25, 0.3) is 22.9 Å². The van der Waals surface area contributed by atoms with Crippen molar-refractivity contribution in [2.75, 3.05) is 69.8 Å². The summed E-state index contributed by atoms with van der Waals surface area (Å²) in [7, 11) is -4.28. The number of amides is 2. The summed E-state index contributed by atoms with van der Waals surface area (Å²) >= 11 is 8.93. The Balaban J connectivity index is 0.000000165. The molecule has 0 unspecified atom stereocenters. The first-order valence-corrected chi connectivity index (χ1v) is 24.3. The average molecular weight is 900 g/mol. The number of carbonyl (C=O) groups excluding carboxylic acids is 2. The van der Waals surface area contributed by atoms with Gasteiger partial charge in [-0.1, -0.05) is 60.1 Å². The van der Waals surface area contributed by atoms with Crippen LogP contribution in [-0.4, -0.2) is 112 Å². The quantitative estimate of drug-likeness (QED) is 0.263. The Bertz CT molecular complexity index is 2850. The summed E-state index contributed by atoms with van der Waals surface area (Å²) < 4.78 is 50.9. The second-order valence-corrected chi connectivity index (χ2v) is 20.1. The summed E-state index contributed by atoms with van der Waals surface area (Å²) in [6.07, 6.45) is 2.04. The number of anilines is 1. The molecule has 8 rings (SSSR count). The van der Waals surface area contributed by atoms with E-state index in [2.05, 4.69) is 5.32 Å². The van der Waals surface area contributed by atoms with Crippen molar-refractivity contribution in [1.82, 2.24) is 24.3 Å². The molecular weight excluding hydrogens is 856 g/mol. The highest BCUT2D eigenvalue weighted by Gasteiger charge is 2.30. The fraction of sp³-hybridized carbons (Fsp3) is 0.300. The molecule has 2 aromatic carbocycles. The number of aromatic nitrogens is 2. The average Bonchev–Trinajstić information content (AvgIpc) is 3.97. The van der Waals surface area contributed by atoms with Crippen LogP contribution in [0.2, 0.25) is 5.02 Å². The third-order valence-electron chi connectivity index (χ3n) is 9.93. The third-order valence-corrected chi connectivity index (χ3v) is 14.4. The number of fused-ring (bicyclic) bond motifs is 2. The fourth-order valence-corrected chi connectivity index (χ4v) is 10.9. The number of aryl methyl sites for hydroxylation is 2. The zero-order valence-electron chi connectivity index (χ0n) is 32.8. The van der Waals surface area contributed by atoms with Crippen molar-refractivity contribution in [2.24, 2.45) is 14.1 Å². The molecule has 0 atom stereocenters. The van der Waals surface area contributed by atoms with Crippen LogP contribution in [0.4, 0.5) is 5.69 Å². The lowest BCUT2D eigenvalue weighted by atomic mass is 10.1. The Morgan fingerprint density at radius 1 is 0.610 bits per heavy atom. The summed E-state index contributed by atoms with van der Waals surface area (Å²) in [5, 5.41) is 8.29.